The Bertz CT molecular complexity index is 497. The van der Waals surface area contributed by atoms with Gasteiger partial charge in [-0.2, -0.15) is 0 Å². The van der Waals surface area contributed by atoms with Gasteiger partial charge in [-0.15, -0.1) is 0 Å². The lowest BCUT2D eigenvalue weighted by Gasteiger charge is -2.47. The predicted molar refractivity (Wildman–Crippen MR) is 78.4 cm³/mol. The van der Waals surface area contributed by atoms with Gasteiger partial charge in [0.25, 0.3) is 0 Å². The summed E-state index contributed by atoms with van der Waals surface area (Å²) in [6, 6.07) is 7.90. The minimum Gasteiger partial charge on any atom is -0.481 e. The molecular weight excluding hydrogens is 252 g/mol. The largest absolute Gasteiger partial charge is 0.481 e. The normalized spacial score (nSPS) is 33.9. The van der Waals surface area contributed by atoms with Crippen LogP contribution in [0.3, 0.4) is 0 Å². The van der Waals surface area contributed by atoms with E-state index in [9.17, 15) is 15.0 Å². The summed E-state index contributed by atoms with van der Waals surface area (Å²) in [6.45, 7) is 6.01. The summed E-state index contributed by atoms with van der Waals surface area (Å²) in [5, 5.41) is 20.6. The van der Waals surface area contributed by atoms with Crippen LogP contribution in [0.25, 0.3) is 0 Å². The van der Waals surface area contributed by atoms with Crippen LogP contribution >= 0.6 is 0 Å². The summed E-state index contributed by atoms with van der Waals surface area (Å²) in [4.78, 5) is 11.4. The number of aryl methyl sites for hydroxylation is 1. The summed E-state index contributed by atoms with van der Waals surface area (Å²) in [7, 11) is 0. The van der Waals surface area contributed by atoms with Crippen molar-refractivity contribution in [3.63, 3.8) is 0 Å². The highest BCUT2D eigenvalue weighted by atomic mass is 16.4. The molecule has 1 fully saturated rings. The summed E-state index contributed by atoms with van der Waals surface area (Å²) in [5.41, 5.74) is 1.14. The molecule has 2 rings (SSSR count). The van der Waals surface area contributed by atoms with Crippen molar-refractivity contribution in [2.75, 3.05) is 0 Å². The highest BCUT2D eigenvalue weighted by molar-refractivity contribution is 5.70. The second kappa shape index (κ2) is 5.57. The molecular formula is C17H24O3. The van der Waals surface area contributed by atoms with Crippen LogP contribution in [0.4, 0.5) is 0 Å². The zero-order chi connectivity index (χ0) is 14.9. The summed E-state index contributed by atoms with van der Waals surface area (Å²) in [6.07, 6.45) is 1.85. The quantitative estimate of drug-likeness (QED) is 0.890. The van der Waals surface area contributed by atoms with Gasteiger partial charge < -0.3 is 10.2 Å². The van der Waals surface area contributed by atoms with Gasteiger partial charge in [-0.1, -0.05) is 38.1 Å². The molecule has 0 heterocycles. The molecule has 1 aromatic rings. The topological polar surface area (TPSA) is 57.5 Å². The molecule has 4 unspecified atom stereocenters. The Morgan fingerprint density at radius 1 is 1.40 bits per heavy atom. The van der Waals surface area contributed by atoms with E-state index in [2.05, 4.69) is 0 Å². The van der Waals surface area contributed by atoms with Crippen molar-refractivity contribution in [3.05, 3.63) is 35.4 Å². The van der Waals surface area contributed by atoms with E-state index in [1.54, 1.807) is 0 Å². The SMILES string of the molecule is CCC1C(C)C(C(=O)O)CCC1(O)c1ccccc1C. The number of carboxylic acid groups (broad SMARTS) is 1. The van der Waals surface area contributed by atoms with Crippen LogP contribution in [0.2, 0.25) is 0 Å². The van der Waals surface area contributed by atoms with E-state index in [4.69, 9.17) is 0 Å². The van der Waals surface area contributed by atoms with E-state index >= 15 is 0 Å². The monoisotopic (exact) mass is 276 g/mol. The van der Waals surface area contributed by atoms with Crippen LogP contribution in [0.15, 0.2) is 24.3 Å². The molecule has 0 saturated heterocycles. The Balaban J connectivity index is 2.41. The summed E-state index contributed by atoms with van der Waals surface area (Å²) < 4.78 is 0. The fourth-order valence-corrected chi connectivity index (χ4v) is 3.99. The molecule has 1 aliphatic carbocycles. The third-order valence-corrected chi connectivity index (χ3v) is 5.09. The van der Waals surface area contributed by atoms with Crippen LogP contribution in [0.5, 0.6) is 0 Å². The van der Waals surface area contributed by atoms with Gasteiger partial charge in [0, 0.05) is 0 Å². The lowest BCUT2D eigenvalue weighted by molar-refractivity contribution is -0.154. The van der Waals surface area contributed by atoms with E-state index < -0.39 is 11.6 Å². The number of hydrogen-bond donors (Lipinski definition) is 2. The van der Waals surface area contributed by atoms with Crippen molar-refractivity contribution in [3.8, 4) is 0 Å². The number of aliphatic carboxylic acids is 1. The van der Waals surface area contributed by atoms with Crippen LogP contribution < -0.4 is 0 Å². The minimum absolute atomic E-state index is 0.0153. The second-order valence-electron chi connectivity index (χ2n) is 6.10. The molecule has 4 atom stereocenters. The molecule has 0 radical (unpaired) electrons. The molecule has 0 spiro atoms. The molecule has 2 N–H and O–H groups in total. The average Bonchev–Trinajstić information content (AvgIpc) is 2.39. The molecule has 0 aliphatic heterocycles. The van der Waals surface area contributed by atoms with Crippen molar-refractivity contribution in [1.82, 2.24) is 0 Å². The van der Waals surface area contributed by atoms with Gasteiger partial charge in [0.15, 0.2) is 0 Å². The molecule has 1 saturated carbocycles. The Morgan fingerprint density at radius 3 is 2.60 bits per heavy atom. The van der Waals surface area contributed by atoms with Crippen LogP contribution in [0.1, 0.15) is 44.2 Å². The molecule has 1 aromatic carbocycles. The summed E-state index contributed by atoms with van der Waals surface area (Å²) in [5.74, 6) is -1.11. The van der Waals surface area contributed by atoms with E-state index in [-0.39, 0.29) is 17.8 Å². The smallest absolute Gasteiger partial charge is 0.306 e. The number of hydrogen-bond acceptors (Lipinski definition) is 2. The summed E-state index contributed by atoms with van der Waals surface area (Å²) >= 11 is 0. The second-order valence-corrected chi connectivity index (χ2v) is 6.10. The average molecular weight is 276 g/mol. The lowest BCUT2D eigenvalue weighted by atomic mass is 9.61. The zero-order valence-corrected chi connectivity index (χ0v) is 12.5. The Hall–Kier alpha value is -1.35. The van der Waals surface area contributed by atoms with Gasteiger partial charge in [-0.25, -0.2) is 0 Å². The van der Waals surface area contributed by atoms with Crippen LogP contribution in [-0.2, 0) is 10.4 Å². The van der Waals surface area contributed by atoms with Crippen molar-refractivity contribution in [2.24, 2.45) is 17.8 Å². The number of carboxylic acids is 1. The van der Waals surface area contributed by atoms with Gasteiger partial charge in [0.05, 0.1) is 11.5 Å². The van der Waals surface area contributed by atoms with Gasteiger partial charge in [-0.3, -0.25) is 4.79 Å². The maximum Gasteiger partial charge on any atom is 0.306 e. The maximum atomic E-state index is 11.4. The maximum absolute atomic E-state index is 11.4. The molecule has 0 amide bonds. The number of rotatable bonds is 3. The van der Waals surface area contributed by atoms with Gasteiger partial charge >= 0.3 is 5.97 Å². The fraction of sp³-hybridized carbons (Fsp3) is 0.588. The Labute approximate surface area is 120 Å². The molecule has 110 valence electrons. The molecule has 20 heavy (non-hydrogen) atoms. The first-order valence-corrected chi connectivity index (χ1v) is 7.43. The van der Waals surface area contributed by atoms with Crippen LogP contribution in [-0.4, -0.2) is 16.2 Å². The Morgan fingerprint density at radius 2 is 2.05 bits per heavy atom. The number of benzene rings is 1. The van der Waals surface area contributed by atoms with Gasteiger partial charge in [-0.05, 0) is 49.1 Å². The molecule has 3 heteroatoms. The van der Waals surface area contributed by atoms with Gasteiger partial charge in [0.1, 0.15) is 0 Å². The van der Waals surface area contributed by atoms with Gasteiger partial charge in [0.2, 0.25) is 0 Å². The third kappa shape index (κ3) is 2.35. The molecule has 0 aromatic heterocycles. The highest BCUT2D eigenvalue weighted by Crippen LogP contribution is 2.49. The van der Waals surface area contributed by atoms with E-state index in [0.29, 0.717) is 12.8 Å². The van der Waals surface area contributed by atoms with E-state index in [1.807, 2.05) is 45.0 Å². The third-order valence-electron chi connectivity index (χ3n) is 5.09. The van der Waals surface area contributed by atoms with Crippen molar-refractivity contribution >= 4 is 5.97 Å². The number of aliphatic hydroxyl groups is 1. The number of carbonyl (C=O) groups is 1. The zero-order valence-electron chi connectivity index (χ0n) is 12.5. The van der Waals surface area contributed by atoms with Crippen molar-refractivity contribution in [1.29, 1.82) is 0 Å². The van der Waals surface area contributed by atoms with Crippen molar-refractivity contribution in [2.45, 2.75) is 45.6 Å². The first-order valence-electron chi connectivity index (χ1n) is 7.43. The Kier molecular flexibility index (Phi) is 4.19. The molecule has 1 aliphatic rings. The van der Waals surface area contributed by atoms with Crippen LogP contribution in [0, 0.1) is 24.7 Å². The fourth-order valence-electron chi connectivity index (χ4n) is 3.99. The van der Waals surface area contributed by atoms with E-state index in [0.717, 1.165) is 17.5 Å². The first kappa shape index (κ1) is 15.0. The highest BCUT2D eigenvalue weighted by Gasteiger charge is 2.48. The molecule has 3 nitrogen and oxygen atoms in total. The van der Waals surface area contributed by atoms with E-state index in [1.165, 1.54) is 0 Å². The van der Waals surface area contributed by atoms with Crippen molar-refractivity contribution < 1.29 is 15.0 Å². The minimum atomic E-state index is -0.897. The first-order chi connectivity index (χ1) is 9.41. The lowest BCUT2D eigenvalue weighted by Crippen LogP contribution is -2.47. The predicted octanol–water partition coefficient (Wildman–Crippen LogP) is 3.34. The standard InChI is InChI=1S/C17H24O3/c1-4-14-12(3)13(16(18)19)9-10-17(14,20)15-8-6-5-7-11(15)2/h5-8,12-14,20H,4,9-10H2,1-3H3,(H,18,19). The molecule has 0 bridgehead atoms.